The Morgan fingerprint density at radius 3 is 2.78 bits per heavy atom. The highest BCUT2D eigenvalue weighted by Crippen LogP contribution is 2.29. The number of aryl methyl sites for hydroxylation is 2. The van der Waals surface area contributed by atoms with Crippen molar-refractivity contribution in [2.45, 2.75) is 20.4 Å². The number of nitrogens with one attached hydrogen (secondary N) is 1. The minimum absolute atomic E-state index is 0.755. The molecule has 0 saturated heterocycles. The third-order valence-corrected chi connectivity index (χ3v) is 3.25. The highest BCUT2D eigenvalue weighted by Gasteiger charge is 2.12. The van der Waals surface area contributed by atoms with Crippen LogP contribution in [-0.4, -0.2) is 16.3 Å². The minimum Gasteiger partial charge on any atom is -0.313 e. The molecule has 0 unspecified atom stereocenters. The monoisotopic (exact) mass is 263 g/mol. The average molecular weight is 264 g/mol. The van der Waals surface area contributed by atoms with Crippen molar-refractivity contribution in [3.8, 4) is 11.3 Å². The van der Waals surface area contributed by atoms with Gasteiger partial charge in [-0.2, -0.15) is 5.10 Å². The molecule has 0 aliphatic heterocycles. The van der Waals surface area contributed by atoms with E-state index in [-0.39, 0.29) is 0 Å². The van der Waals surface area contributed by atoms with Crippen LogP contribution in [-0.2, 0) is 13.6 Å². The van der Waals surface area contributed by atoms with Crippen molar-refractivity contribution in [1.82, 2.24) is 15.1 Å². The van der Waals surface area contributed by atoms with Gasteiger partial charge in [-0.05, 0) is 36.7 Å². The lowest BCUT2D eigenvalue weighted by atomic mass is 10.0. The van der Waals surface area contributed by atoms with Gasteiger partial charge < -0.3 is 5.32 Å². The van der Waals surface area contributed by atoms with Crippen LogP contribution in [0.5, 0.6) is 0 Å². The summed E-state index contributed by atoms with van der Waals surface area (Å²) in [5.41, 5.74) is 4.69. The van der Waals surface area contributed by atoms with Crippen molar-refractivity contribution in [2.24, 2.45) is 7.05 Å². The normalized spacial score (nSPS) is 10.9. The number of benzene rings is 1. The maximum Gasteiger partial charge on any atom is 0.0711 e. The summed E-state index contributed by atoms with van der Waals surface area (Å²) in [5.74, 6) is 0. The summed E-state index contributed by atoms with van der Waals surface area (Å²) >= 11 is 6.12. The molecular formula is C14H18ClN3. The molecule has 3 nitrogen and oxygen atoms in total. The molecule has 0 amide bonds. The van der Waals surface area contributed by atoms with Gasteiger partial charge in [0, 0.05) is 24.2 Å². The van der Waals surface area contributed by atoms with E-state index in [1.807, 2.05) is 30.1 Å². The first-order valence-electron chi connectivity index (χ1n) is 6.11. The lowest BCUT2D eigenvalue weighted by Gasteiger charge is -2.12. The summed E-state index contributed by atoms with van der Waals surface area (Å²) in [7, 11) is 1.96. The van der Waals surface area contributed by atoms with Crippen LogP contribution in [0, 0.1) is 6.92 Å². The van der Waals surface area contributed by atoms with Gasteiger partial charge in [-0.1, -0.05) is 24.6 Å². The molecule has 0 bridgehead atoms. The minimum atomic E-state index is 0.755. The van der Waals surface area contributed by atoms with Crippen molar-refractivity contribution >= 4 is 11.6 Å². The molecule has 1 heterocycles. The Bertz CT molecular complexity index is 526. The van der Waals surface area contributed by atoms with Crippen LogP contribution in [0.15, 0.2) is 24.4 Å². The number of rotatable bonds is 4. The van der Waals surface area contributed by atoms with E-state index < -0.39 is 0 Å². The van der Waals surface area contributed by atoms with Gasteiger partial charge >= 0.3 is 0 Å². The summed E-state index contributed by atoms with van der Waals surface area (Å²) in [6.07, 6.45) is 1.88. The van der Waals surface area contributed by atoms with Gasteiger partial charge in [0.25, 0.3) is 0 Å². The van der Waals surface area contributed by atoms with Crippen LogP contribution < -0.4 is 5.32 Å². The molecule has 2 rings (SSSR count). The first kappa shape index (κ1) is 13.1. The predicted molar refractivity (Wildman–Crippen MR) is 75.8 cm³/mol. The lowest BCUT2D eigenvalue weighted by Crippen LogP contribution is -2.13. The molecule has 4 heteroatoms. The maximum absolute atomic E-state index is 6.12. The first-order chi connectivity index (χ1) is 8.63. The SMILES string of the molecule is CCNCc1ccc(Cl)cc1-c1c(C)cnn1C. The first-order valence-corrected chi connectivity index (χ1v) is 6.49. The van der Waals surface area contributed by atoms with E-state index in [1.165, 1.54) is 5.56 Å². The molecule has 0 aliphatic rings. The molecule has 1 aromatic carbocycles. The second kappa shape index (κ2) is 5.55. The smallest absolute Gasteiger partial charge is 0.0711 e. The molecular weight excluding hydrogens is 246 g/mol. The van der Waals surface area contributed by atoms with E-state index in [0.717, 1.165) is 34.9 Å². The molecule has 0 atom stereocenters. The van der Waals surface area contributed by atoms with Gasteiger partial charge in [0.05, 0.1) is 11.9 Å². The van der Waals surface area contributed by atoms with Crippen LogP contribution in [0.4, 0.5) is 0 Å². The van der Waals surface area contributed by atoms with Gasteiger partial charge in [0.1, 0.15) is 0 Å². The average Bonchev–Trinajstić information content (AvgIpc) is 2.67. The molecule has 0 aliphatic carbocycles. The molecule has 18 heavy (non-hydrogen) atoms. The Labute approximate surface area is 113 Å². The summed E-state index contributed by atoms with van der Waals surface area (Å²) < 4.78 is 1.90. The quantitative estimate of drug-likeness (QED) is 0.918. The van der Waals surface area contributed by atoms with E-state index in [1.54, 1.807) is 0 Å². The third kappa shape index (κ3) is 2.57. The highest BCUT2D eigenvalue weighted by atomic mass is 35.5. The molecule has 0 spiro atoms. The van der Waals surface area contributed by atoms with Crippen molar-refractivity contribution in [2.75, 3.05) is 6.54 Å². The molecule has 2 aromatic rings. The fraction of sp³-hybridized carbons (Fsp3) is 0.357. The van der Waals surface area contributed by atoms with Crippen LogP contribution in [0.3, 0.4) is 0 Å². The second-order valence-electron chi connectivity index (χ2n) is 4.38. The summed E-state index contributed by atoms with van der Waals surface area (Å²) in [6.45, 7) is 5.96. The number of nitrogens with zero attached hydrogens (tertiary/aromatic N) is 2. The van der Waals surface area contributed by atoms with Crippen LogP contribution in [0.25, 0.3) is 11.3 Å². The Kier molecular flexibility index (Phi) is 4.04. The van der Waals surface area contributed by atoms with Gasteiger partial charge in [-0.15, -0.1) is 0 Å². The Morgan fingerprint density at radius 2 is 2.17 bits per heavy atom. The van der Waals surface area contributed by atoms with Crippen molar-refractivity contribution in [3.63, 3.8) is 0 Å². The Morgan fingerprint density at radius 1 is 1.39 bits per heavy atom. The Balaban J connectivity index is 2.51. The molecule has 1 N–H and O–H groups in total. The van der Waals surface area contributed by atoms with Gasteiger partial charge in [-0.3, -0.25) is 4.68 Å². The van der Waals surface area contributed by atoms with E-state index in [9.17, 15) is 0 Å². The summed E-state index contributed by atoms with van der Waals surface area (Å²) in [4.78, 5) is 0. The topological polar surface area (TPSA) is 29.9 Å². The van der Waals surface area contributed by atoms with Crippen LogP contribution >= 0.6 is 11.6 Å². The van der Waals surface area contributed by atoms with Gasteiger partial charge in [-0.25, -0.2) is 0 Å². The summed E-state index contributed by atoms with van der Waals surface area (Å²) in [5, 5.41) is 8.40. The number of hydrogen-bond donors (Lipinski definition) is 1. The third-order valence-electron chi connectivity index (χ3n) is 3.01. The largest absolute Gasteiger partial charge is 0.313 e. The van der Waals surface area contributed by atoms with E-state index in [4.69, 9.17) is 11.6 Å². The standard InChI is InChI=1S/C14H18ClN3/c1-4-16-9-11-5-6-12(15)7-13(11)14-10(2)8-17-18(14)3/h5-8,16H,4,9H2,1-3H3. The summed E-state index contributed by atoms with van der Waals surface area (Å²) in [6, 6.07) is 6.02. The van der Waals surface area contributed by atoms with Crippen molar-refractivity contribution in [3.05, 3.63) is 40.5 Å². The zero-order valence-corrected chi connectivity index (χ0v) is 11.8. The Hall–Kier alpha value is -1.32. The zero-order chi connectivity index (χ0) is 13.1. The van der Waals surface area contributed by atoms with Crippen molar-refractivity contribution < 1.29 is 0 Å². The molecule has 0 fully saturated rings. The molecule has 0 saturated carbocycles. The number of hydrogen-bond acceptors (Lipinski definition) is 2. The van der Waals surface area contributed by atoms with Crippen LogP contribution in [0.2, 0.25) is 5.02 Å². The highest BCUT2D eigenvalue weighted by molar-refractivity contribution is 6.30. The van der Waals surface area contributed by atoms with Crippen molar-refractivity contribution in [1.29, 1.82) is 0 Å². The van der Waals surface area contributed by atoms with Gasteiger partial charge in [0.2, 0.25) is 0 Å². The number of halogens is 1. The maximum atomic E-state index is 6.12. The molecule has 1 aromatic heterocycles. The van der Waals surface area contributed by atoms with Gasteiger partial charge in [0.15, 0.2) is 0 Å². The molecule has 96 valence electrons. The second-order valence-corrected chi connectivity index (χ2v) is 4.82. The van der Waals surface area contributed by atoms with Crippen LogP contribution in [0.1, 0.15) is 18.1 Å². The fourth-order valence-corrected chi connectivity index (χ4v) is 2.29. The lowest BCUT2D eigenvalue weighted by molar-refractivity contribution is 0.724. The predicted octanol–water partition coefficient (Wildman–Crippen LogP) is 3.16. The van der Waals surface area contributed by atoms with E-state index in [2.05, 4.69) is 30.3 Å². The number of aromatic nitrogens is 2. The fourth-order valence-electron chi connectivity index (χ4n) is 2.12. The molecule has 0 radical (unpaired) electrons. The zero-order valence-electron chi connectivity index (χ0n) is 11.0. The van der Waals surface area contributed by atoms with E-state index in [0.29, 0.717) is 0 Å². The van der Waals surface area contributed by atoms with E-state index >= 15 is 0 Å².